The van der Waals surface area contributed by atoms with Crippen molar-refractivity contribution in [2.75, 3.05) is 54.6 Å². The zero-order valence-corrected chi connectivity index (χ0v) is 50.1. The van der Waals surface area contributed by atoms with E-state index in [4.69, 9.17) is 23.8 Å². The molecule has 6 amide bonds. The number of fused-ring (bicyclic) bond motifs is 1. The number of para-hydroxylation sites is 1. The lowest BCUT2D eigenvalue weighted by Gasteiger charge is -2.41. The lowest BCUT2D eigenvalue weighted by molar-refractivity contribution is -0.199. The molecule has 2 aliphatic rings. The number of carbonyl (C=O) groups is 8. The Morgan fingerprint density at radius 1 is 0.863 bits per heavy atom. The summed E-state index contributed by atoms with van der Waals surface area (Å²) in [7, 11) is 6.45. The summed E-state index contributed by atoms with van der Waals surface area (Å²) < 4.78 is 22.7. The van der Waals surface area contributed by atoms with Gasteiger partial charge in [0.2, 0.25) is 23.6 Å². The van der Waals surface area contributed by atoms with Gasteiger partial charge in [-0.25, -0.2) is 14.7 Å². The van der Waals surface area contributed by atoms with Gasteiger partial charge in [-0.15, -0.1) is 0 Å². The van der Waals surface area contributed by atoms with E-state index in [0.717, 1.165) is 29.3 Å². The van der Waals surface area contributed by atoms with Crippen molar-refractivity contribution in [3.63, 3.8) is 0 Å². The minimum atomic E-state index is -1.55. The molecule has 1 aromatic carbocycles. The molecule has 1 aromatic heterocycles. The molecule has 22 nitrogen and oxygen atoms in total. The third-order valence-electron chi connectivity index (χ3n) is 15.4. The van der Waals surface area contributed by atoms with Crippen LogP contribution in [0.3, 0.4) is 0 Å². The number of hydroxylamine groups is 2. The molecule has 22 heteroatoms. The molecule has 2 saturated heterocycles. The Labute approximate surface area is 473 Å². The van der Waals surface area contributed by atoms with Crippen molar-refractivity contribution < 1.29 is 67.2 Å². The number of aliphatic carboxylic acids is 1. The SMILES string of the molecule is CCC(C)C(C(CC(=O)N1CCC[C@H]1C(OC)C(C)C(=O)NC(Cc1c[nH]c2ccccc12)C(=O)N1CCCCO1)OC)N(C)C(=O)C(NC(=O)C(C(C)C)N(C)CCCC(=O)OC(C)C(NC(=O)OC(C)(C)C)C(=O)O)C(C)C. The maximum Gasteiger partial charge on any atom is 0.408 e. The second-order valence-electron chi connectivity index (χ2n) is 23.4. The Bertz CT molecular complexity index is 2380. The standard InChI is InChI=1S/C58H94N8O14/c1-16-36(6)50(64(13)55(72)47(34(2)3)61-53(70)49(35(4)5)63(12)27-22-26-46(68)79-38(8)48(56(73)74)62-57(75)80-58(9,10)11)44(76-14)32-45(67)65-28-21-25-43(65)51(77-15)37(7)52(69)60-42(54(71)66-29-19-20-30-78-66)31-39-33-59-41-24-18-17-23-40(39)41/h17-18,23-24,33-38,42-44,47-51,59H,16,19-22,25-32H2,1-15H3,(H,60,69)(H,61,70)(H,62,75)(H,73,74)/t36?,37?,38?,42?,43-,44?,47?,48?,49?,50?,51?/m0/s1. The number of H-pyrrole nitrogens is 1. The van der Waals surface area contributed by atoms with Gasteiger partial charge in [-0.05, 0) is 103 Å². The summed E-state index contributed by atoms with van der Waals surface area (Å²) in [6.07, 6.45) is 1.98. The van der Waals surface area contributed by atoms with Gasteiger partial charge in [0.25, 0.3) is 5.91 Å². The number of benzene rings is 1. The fourth-order valence-electron chi connectivity index (χ4n) is 11.0. The highest BCUT2D eigenvalue weighted by Gasteiger charge is 2.44. The monoisotopic (exact) mass is 1130 g/mol. The van der Waals surface area contributed by atoms with E-state index in [2.05, 4.69) is 20.9 Å². The van der Waals surface area contributed by atoms with Crippen LogP contribution in [-0.4, -0.2) is 192 Å². The number of amides is 6. The lowest BCUT2D eigenvalue weighted by atomic mass is 9.89. The minimum absolute atomic E-state index is 0.0812. The van der Waals surface area contributed by atoms with Crippen LogP contribution in [0.25, 0.3) is 10.9 Å². The van der Waals surface area contributed by atoms with Crippen LogP contribution < -0.4 is 16.0 Å². The number of methoxy groups -OCH3 is 2. The molecule has 2 aliphatic heterocycles. The maximum absolute atomic E-state index is 14.8. The van der Waals surface area contributed by atoms with Crippen molar-refractivity contribution in [2.24, 2.45) is 23.7 Å². The van der Waals surface area contributed by atoms with Crippen molar-refractivity contribution in [1.29, 1.82) is 0 Å². The van der Waals surface area contributed by atoms with Crippen LogP contribution in [0.5, 0.6) is 0 Å². The zero-order valence-electron chi connectivity index (χ0n) is 50.1. The Kier molecular flexibility index (Phi) is 25.7. The number of carboxylic acid groups (broad SMARTS) is 1. The number of esters is 1. The summed E-state index contributed by atoms with van der Waals surface area (Å²) in [5, 5.41) is 20.3. The summed E-state index contributed by atoms with van der Waals surface area (Å²) in [4.78, 5) is 123. The number of rotatable bonds is 29. The molecule has 11 atom stereocenters. The molecule has 4 rings (SSSR count). The van der Waals surface area contributed by atoms with Gasteiger partial charge in [-0.3, -0.25) is 38.5 Å². The number of aromatic amines is 1. The number of alkyl carbamates (subject to hydrolysis) is 1. The van der Waals surface area contributed by atoms with Crippen LogP contribution in [0.1, 0.15) is 133 Å². The molecule has 5 N–H and O–H groups in total. The van der Waals surface area contributed by atoms with E-state index in [-0.39, 0.29) is 67.7 Å². The fraction of sp³-hybridized carbons (Fsp3) is 0.724. The highest BCUT2D eigenvalue weighted by molar-refractivity contribution is 5.91. The van der Waals surface area contributed by atoms with E-state index >= 15 is 0 Å². The van der Waals surface area contributed by atoms with Gasteiger partial charge in [0.1, 0.15) is 23.8 Å². The number of hydrogen-bond acceptors (Lipinski definition) is 14. The van der Waals surface area contributed by atoms with E-state index in [9.17, 15) is 43.5 Å². The smallest absolute Gasteiger partial charge is 0.408 e. The average molecular weight is 1130 g/mol. The summed E-state index contributed by atoms with van der Waals surface area (Å²) in [6.45, 7) is 21.0. The van der Waals surface area contributed by atoms with E-state index in [1.54, 1.807) is 56.5 Å². The van der Waals surface area contributed by atoms with Crippen molar-refractivity contribution in [2.45, 2.75) is 194 Å². The molecule has 80 heavy (non-hydrogen) atoms. The molecule has 0 radical (unpaired) electrons. The second kappa shape index (κ2) is 30.8. The number of likely N-dealkylation sites (N-methyl/N-ethyl adjacent to an activating group) is 2. The first-order chi connectivity index (χ1) is 37.6. The number of carboxylic acids is 1. The predicted octanol–water partition coefficient (Wildman–Crippen LogP) is 5.46. The molecule has 10 unspecified atom stereocenters. The molecule has 3 heterocycles. The molecule has 0 bridgehead atoms. The highest BCUT2D eigenvalue weighted by atomic mass is 16.7. The summed E-state index contributed by atoms with van der Waals surface area (Å²) >= 11 is 0. The molecule has 0 saturated carbocycles. The number of nitrogens with zero attached hydrogens (tertiary/aromatic N) is 4. The number of ether oxygens (including phenoxy) is 4. The van der Waals surface area contributed by atoms with Crippen molar-refractivity contribution in [3.05, 3.63) is 36.0 Å². The quantitative estimate of drug-likeness (QED) is 0.0634. The predicted molar refractivity (Wildman–Crippen MR) is 301 cm³/mol. The van der Waals surface area contributed by atoms with E-state index < -0.39 is 95.9 Å². The Hall–Kier alpha value is -5.84. The minimum Gasteiger partial charge on any atom is -0.480 e. The van der Waals surface area contributed by atoms with Gasteiger partial charge in [0.05, 0.1) is 49.3 Å². The van der Waals surface area contributed by atoms with Gasteiger partial charge in [0.15, 0.2) is 6.04 Å². The van der Waals surface area contributed by atoms with Crippen molar-refractivity contribution in [3.8, 4) is 0 Å². The lowest BCUT2D eigenvalue weighted by Crippen LogP contribution is -2.60. The van der Waals surface area contributed by atoms with Gasteiger partial charge in [-0.2, -0.15) is 0 Å². The molecular formula is C58H94N8O14. The maximum atomic E-state index is 14.8. The van der Waals surface area contributed by atoms with Crippen molar-refractivity contribution in [1.82, 2.24) is 40.7 Å². The topological polar surface area (TPSA) is 268 Å². The summed E-state index contributed by atoms with van der Waals surface area (Å²) in [6, 6.07) is 2.54. The van der Waals surface area contributed by atoms with Crippen molar-refractivity contribution >= 4 is 58.5 Å². The van der Waals surface area contributed by atoms with Crippen LogP contribution in [0.2, 0.25) is 0 Å². The molecule has 450 valence electrons. The van der Waals surface area contributed by atoms with Gasteiger partial charge < -0.3 is 54.8 Å². The van der Waals surface area contributed by atoms with Crippen LogP contribution in [0.15, 0.2) is 30.5 Å². The normalized spacial score (nSPS) is 18.8. The first-order valence-electron chi connectivity index (χ1n) is 28.5. The van der Waals surface area contributed by atoms with E-state index in [1.165, 1.54) is 26.2 Å². The Morgan fingerprint density at radius 2 is 1.55 bits per heavy atom. The average Bonchev–Trinajstić information content (AvgIpc) is 4.07. The Morgan fingerprint density at radius 3 is 2.14 bits per heavy atom. The van der Waals surface area contributed by atoms with Gasteiger partial charge >= 0.3 is 18.0 Å². The molecule has 2 aromatic rings. The number of nitrogens with one attached hydrogen (secondary N) is 4. The molecule has 0 spiro atoms. The highest BCUT2D eigenvalue weighted by Crippen LogP contribution is 2.31. The largest absolute Gasteiger partial charge is 0.480 e. The molecule has 2 fully saturated rings. The number of aromatic nitrogens is 1. The van der Waals surface area contributed by atoms with Crippen LogP contribution in [0, 0.1) is 23.7 Å². The second-order valence-corrected chi connectivity index (χ2v) is 23.4. The first-order valence-corrected chi connectivity index (χ1v) is 28.5. The Balaban J connectivity index is 1.43. The number of carbonyl (C=O) groups excluding carboxylic acids is 7. The van der Waals surface area contributed by atoms with Gasteiger partial charge in [-0.1, -0.05) is 73.1 Å². The van der Waals surface area contributed by atoms with Crippen LogP contribution in [-0.2, 0) is 63.8 Å². The zero-order chi connectivity index (χ0) is 59.8. The molecular weight excluding hydrogens is 1030 g/mol. The summed E-state index contributed by atoms with van der Waals surface area (Å²) in [5.74, 6) is -5.30. The van der Waals surface area contributed by atoms with E-state index in [1.807, 2.05) is 72.0 Å². The molecule has 0 aliphatic carbocycles. The first kappa shape index (κ1) is 66.7. The van der Waals surface area contributed by atoms with E-state index in [0.29, 0.717) is 39.0 Å². The van der Waals surface area contributed by atoms with Crippen LogP contribution in [0.4, 0.5) is 4.79 Å². The van der Waals surface area contributed by atoms with Crippen LogP contribution >= 0.6 is 0 Å². The fourth-order valence-corrected chi connectivity index (χ4v) is 11.0. The van der Waals surface area contributed by atoms with Gasteiger partial charge in [0, 0.05) is 64.3 Å². The number of likely N-dealkylation sites (tertiary alicyclic amines) is 1. The summed E-state index contributed by atoms with van der Waals surface area (Å²) in [5.41, 5.74) is 0.912. The third kappa shape index (κ3) is 18.3. The third-order valence-corrected chi connectivity index (χ3v) is 15.4. The number of hydrogen-bond donors (Lipinski definition) is 5.